The Balaban J connectivity index is 1.24. The maximum absolute atomic E-state index is 5.49. The Labute approximate surface area is 300 Å². The molecule has 0 amide bonds. The van der Waals surface area contributed by atoms with Gasteiger partial charge in [-0.25, -0.2) is 15.0 Å². The van der Waals surface area contributed by atoms with E-state index in [1.54, 1.807) is 0 Å². The third kappa shape index (κ3) is 4.98. The number of aromatic nitrogens is 5. The van der Waals surface area contributed by atoms with Gasteiger partial charge in [-0.05, 0) is 47.5 Å². The van der Waals surface area contributed by atoms with E-state index in [9.17, 15) is 0 Å². The molecule has 0 unspecified atom stereocenters. The Kier molecular flexibility index (Phi) is 7.07. The molecule has 0 bridgehead atoms. The van der Waals surface area contributed by atoms with Gasteiger partial charge in [0.15, 0.2) is 0 Å². The van der Waals surface area contributed by atoms with Crippen LogP contribution in [0, 0.1) is 0 Å². The fourth-order valence-corrected chi connectivity index (χ4v) is 7.33. The van der Waals surface area contributed by atoms with Crippen LogP contribution >= 0.6 is 0 Å². The standard InChI is InChI=1S/C47H31N5/c1-5-15-32(16-6-1)33-25-27-36(28-26-33)46-50-45-43(51(46)37-21-11-4-12-22-37)30-29-42-44(45)38-23-13-14-24-41(38)52(42)47-48-39(34-17-7-2-8-18-34)31-40(49-47)35-19-9-3-10-20-35/h1-31H. The summed E-state index contributed by atoms with van der Waals surface area (Å²) in [5.74, 6) is 1.50. The van der Waals surface area contributed by atoms with E-state index in [4.69, 9.17) is 15.0 Å². The molecule has 0 aliphatic heterocycles. The third-order valence-electron chi connectivity index (χ3n) is 9.78. The molecule has 5 nitrogen and oxygen atoms in total. The fraction of sp³-hybridized carbons (Fsp3) is 0. The Morgan fingerprint density at radius 2 is 0.846 bits per heavy atom. The number of imidazole rings is 1. The van der Waals surface area contributed by atoms with Gasteiger partial charge in [-0.2, -0.15) is 0 Å². The second-order valence-corrected chi connectivity index (χ2v) is 12.9. The maximum Gasteiger partial charge on any atom is 0.235 e. The first-order chi connectivity index (χ1) is 25.8. The molecule has 10 aromatic rings. The fourth-order valence-electron chi connectivity index (χ4n) is 7.33. The Hall–Kier alpha value is -7.11. The Morgan fingerprint density at radius 3 is 1.48 bits per heavy atom. The number of para-hydroxylation sites is 2. The summed E-state index contributed by atoms with van der Waals surface area (Å²) in [6, 6.07) is 65.3. The number of hydrogen-bond donors (Lipinski definition) is 0. The van der Waals surface area contributed by atoms with Gasteiger partial charge in [0.25, 0.3) is 0 Å². The highest BCUT2D eigenvalue weighted by Crippen LogP contribution is 2.39. The van der Waals surface area contributed by atoms with E-state index < -0.39 is 0 Å². The van der Waals surface area contributed by atoms with Crippen molar-refractivity contribution in [1.29, 1.82) is 0 Å². The monoisotopic (exact) mass is 665 g/mol. The van der Waals surface area contributed by atoms with Gasteiger partial charge in [-0.1, -0.05) is 152 Å². The van der Waals surface area contributed by atoms with E-state index in [1.807, 2.05) is 42.5 Å². The smallest absolute Gasteiger partial charge is 0.235 e. The Bertz CT molecular complexity index is 2800. The molecule has 52 heavy (non-hydrogen) atoms. The van der Waals surface area contributed by atoms with Crippen molar-refractivity contribution in [2.45, 2.75) is 0 Å². The SMILES string of the molecule is c1ccc(-c2ccc(-c3nc4c5c6ccccc6n(-c6nc(-c7ccccc7)cc(-c7ccccc7)n6)c5ccc4n3-c3ccccc3)cc2)cc1. The van der Waals surface area contributed by atoms with Crippen molar-refractivity contribution >= 4 is 32.8 Å². The van der Waals surface area contributed by atoms with E-state index in [-0.39, 0.29) is 0 Å². The maximum atomic E-state index is 5.49. The van der Waals surface area contributed by atoms with Crippen LogP contribution in [0.4, 0.5) is 0 Å². The van der Waals surface area contributed by atoms with E-state index in [2.05, 4.69) is 155 Å². The molecule has 7 aromatic carbocycles. The molecule has 0 saturated heterocycles. The van der Waals surface area contributed by atoms with E-state index in [0.717, 1.165) is 72.4 Å². The predicted molar refractivity (Wildman–Crippen MR) is 213 cm³/mol. The van der Waals surface area contributed by atoms with Gasteiger partial charge >= 0.3 is 0 Å². The molecule has 3 aromatic heterocycles. The van der Waals surface area contributed by atoms with Gasteiger partial charge in [-0.15, -0.1) is 0 Å². The van der Waals surface area contributed by atoms with Gasteiger partial charge in [-0.3, -0.25) is 9.13 Å². The molecule has 5 heteroatoms. The molecular formula is C47H31N5. The molecule has 0 N–H and O–H groups in total. The average molecular weight is 666 g/mol. The third-order valence-corrected chi connectivity index (χ3v) is 9.78. The van der Waals surface area contributed by atoms with Crippen LogP contribution in [0.25, 0.3) is 89.5 Å². The molecule has 0 aliphatic carbocycles. The van der Waals surface area contributed by atoms with Gasteiger partial charge in [0, 0.05) is 33.2 Å². The second-order valence-electron chi connectivity index (χ2n) is 12.9. The van der Waals surface area contributed by atoms with Gasteiger partial charge < -0.3 is 0 Å². The van der Waals surface area contributed by atoms with E-state index in [0.29, 0.717) is 5.95 Å². The van der Waals surface area contributed by atoms with Gasteiger partial charge in [0.1, 0.15) is 5.82 Å². The lowest BCUT2D eigenvalue weighted by atomic mass is 10.0. The number of fused-ring (bicyclic) bond motifs is 5. The number of hydrogen-bond acceptors (Lipinski definition) is 3. The molecule has 0 saturated carbocycles. The highest BCUT2D eigenvalue weighted by molar-refractivity contribution is 6.20. The van der Waals surface area contributed by atoms with E-state index in [1.165, 1.54) is 11.1 Å². The number of nitrogens with zero attached hydrogens (tertiary/aromatic N) is 5. The summed E-state index contributed by atoms with van der Waals surface area (Å²) in [6.45, 7) is 0. The minimum atomic E-state index is 0.616. The Morgan fingerprint density at radius 1 is 0.346 bits per heavy atom. The summed E-state index contributed by atoms with van der Waals surface area (Å²) in [4.78, 5) is 15.9. The van der Waals surface area contributed by atoms with Crippen molar-refractivity contribution in [1.82, 2.24) is 24.1 Å². The second kappa shape index (κ2) is 12.3. The van der Waals surface area contributed by atoms with Crippen LogP contribution in [0.3, 0.4) is 0 Å². The average Bonchev–Trinajstić information content (AvgIpc) is 3.78. The van der Waals surface area contributed by atoms with Crippen molar-refractivity contribution in [3.8, 4) is 56.7 Å². The van der Waals surface area contributed by atoms with Crippen LogP contribution in [-0.2, 0) is 0 Å². The van der Waals surface area contributed by atoms with Crippen LogP contribution < -0.4 is 0 Å². The van der Waals surface area contributed by atoms with Crippen molar-refractivity contribution in [3.63, 3.8) is 0 Å². The summed E-state index contributed by atoms with van der Waals surface area (Å²) in [7, 11) is 0. The molecule has 0 spiro atoms. The zero-order valence-electron chi connectivity index (χ0n) is 28.1. The highest BCUT2D eigenvalue weighted by Gasteiger charge is 2.23. The lowest BCUT2D eigenvalue weighted by Crippen LogP contribution is -2.04. The highest BCUT2D eigenvalue weighted by atomic mass is 15.2. The molecule has 0 radical (unpaired) electrons. The van der Waals surface area contributed by atoms with Crippen molar-refractivity contribution in [2.24, 2.45) is 0 Å². The normalized spacial score (nSPS) is 11.5. The summed E-state index contributed by atoms with van der Waals surface area (Å²) >= 11 is 0. The topological polar surface area (TPSA) is 48.5 Å². The molecule has 0 aliphatic rings. The number of benzene rings is 7. The minimum Gasteiger partial charge on any atom is -0.292 e. The first kappa shape index (κ1) is 29.8. The molecule has 0 atom stereocenters. The quantitative estimate of drug-likeness (QED) is 0.178. The summed E-state index contributed by atoms with van der Waals surface area (Å²) in [6.07, 6.45) is 0. The predicted octanol–water partition coefficient (Wildman–Crippen LogP) is 11.6. The molecule has 244 valence electrons. The zero-order valence-corrected chi connectivity index (χ0v) is 28.1. The molecule has 10 rings (SSSR count). The van der Waals surface area contributed by atoms with Crippen molar-refractivity contribution < 1.29 is 0 Å². The van der Waals surface area contributed by atoms with Gasteiger partial charge in [0.05, 0.1) is 33.5 Å². The van der Waals surface area contributed by atoms with Gasteiger partial charge in [0.2, 0.25) is 5.95 Å². The summed E-state index contributed by atoms with van der Waals surface area (Å²) in [5.41, 5.74) is 12.3. The zero-order chi connectivity index (χ0) is 34.4. The van der Waals surface area contributed by atoms with E-state index >= 15 is 0 Å². The number of rotatable bonds is 6. The summed E-state index contributed by atoms with van der Waals surface area (Å²) < 4.78 is 4.47. The van der Waals surface area contributed by atoms with Crippen LogP contribution in [0.2, 0.25) is 0 Å². The van der Waals surface area contributed by atoms with Crippen LogP contribution in [-0.4, -0.2) is 24.1 Å². The van der Waals surface area contributed by atoms with Crippen LogP contribution in [0.1, 0.15) is 0 Å². The molecule has 3 heterocycles. The first-order valence-electron chi connectivity index (χ1n) is 17.5. The lowest BCUT2D eigenvalue weighted by Gasteiger charge is -2.12. The van der Waals surface area contributed by atoms with Crippen molar-refractivity contribution in [2.75, 3.05) is 0 Å². The van der Waals surface area contributed by atoms with Crippen LogP contribution in [0.5, 0.6) is 0 Å². The largest absolute Gasteiger partial charge is 0.292 e. The molecule has 0 fully saturated rings. The van der Waals surface area contributed by atoms with Crippen molar-refractivity contribution in [3.05, 3.63) is 188 Å². The molecular weight excluding hydrogens is 635 g/mol. The first-order valence-corrected chi connectivity index (χ1v) is 17.5. The lowest BCUT2D eigenvalue weighted by molar-refractivity contribution is 0.996. The van der Waals surface area contributed by atoms with Crippen LogP contribution in [0.15, 0.2) is 188 Å². The minimum absolute atomic E-state index is 0.616. The summed E-state index contributed by atoms with van der Waals surface area (Å²) in [5, 5.41) is 2.17.